The zero-order valence-electron chi connectivity index (χ0n) is 10.7. The van der Waals surface area contributed by atoms with Crippen molar-refractivity contribution >= 4 is 34.6 Å². The Bertz CT molecular complexity index is 910. The quantitative estimate of drug-likeness (QED) is 0.700. The van der Waals surface area contributed by atoms with Gasteiger partial charge in [0.05, 0.1) is 17.1 Å². The van der Waals surface area contributed by atoms with Gasteiger partial charge in [-0.3, -0.25) is 0 Å². The molecule has 0 aliphatic carbocycles. The predicted molar refractivity (Wildman–Crippen MR) is 81.3 cm³/mol. The first kappa shape index (κ1) is 13.2. The topological polar surface area (TPSA) is 64.5 Å². The standard InChI is InChI=1S/C15H9FN4S/c16-10-3-6-12-13(7-10)19-15(21)20-14(12)18-11-4-1-9(8-17)2-5-11/h1-7H,(H2,18,19,20,21). The normalized spacial score (nSPS) is 10.3. The molecule has 1 aromatic heterocycles. The predicted octanol–water partition coefficient (Wildman–Crippen LogP) is 4.05. The highest BCUT2D eigenvalue weighted by Crippen LogP contribution is 2.24. The highest BCUT2D eigenvalue weighted by molar-refractivity contribution is 7.71. The van der Waals surface area contributed by atoms with Crippen LogP contribution in [0.25, 0.3) is 10.9 Å². The molecule has 0 bridgehead atoms. The number of fused-ring (bicyclic) bond motifs is 1. The molecule has 3 aromatic rings. The van der Waals surface area contributed by atoms with Gasteiger partial charge >= 0.3 is 0 Å². The fourth-order valence-electron chi connectivity index (χ4n) is 1.99. The molecular formula is C15H9FN4S. The molecule has 6 heteroatoms. The molecule has 0 aliphatic rings. The lowest BCUT2D eigenvalue weighted by Gasteiger charge is -2.09. The fourth-order valence-corrected chi connectivity index (χ4v) is 2.19. The van der Waals surface area contributed by atoms with Crippen molar-refractivity contribution < 1.29 is 4.39 Å². The zero-order chi connectivity index (χ0) is 14.8. The largest absolute Gasteiger partial charge is 0.340 e. The number of nitrogens with zero attached hydrogens (tertiary/aromatic N) is 2. The molecule has 21 heavy (non-hydrogen) atoms. The van der Waals surface area contributed by atoms with Gasteiger partial charge in [0.15, 0.2) is 4.77 Å². The summed E-state index contributed by atoms with van der Waals surface area (Å²) in [5.41, 5.74) is 1.92. The molecule has 0 amide bonds. The summed E-state index contributed by atoms with van der Waals surface area (Å²) in [6.07, 6.45) is 0. The van der Waals surface area contributed by atoms with Crippen molar-refractivity contribution in [1.29, 1.82) is 5.26 Å². The Hall–Kier alpha value is -2.78. The molecule has 0 atom stereocenters. The molecule has 3 rings (SSSR count). The van der Waals surface area contributed by atoms with Crippen LogP contribution < -0.4 is 5.32 Å². The first-order valence-electron chi connectivity index (χ1n) is 6.12. The molecule has 0 spiro atoms. The number of nitriles is 1. The average Bonchev–Trinajstić information content (AvgIpc) is 2.47. The maximum absolute atomic E-state index is 13.3. The van der Waals surface area contributed by atoms with E-state index in [1.807, 2.05) is 0 Å². The van der Waals surface area contributed by atoms with Gasteiger partial charge in [-0.05, 0) is 54.7 Å². The van der Waals surface area contributed by atoms with E-state index in [0.29, 0.717) is 16.9 Å². The maximum Gasteiger partial charge on any atom is 0.199 e. The van der Waals surface area contributed by atoms with Gasteiger partial charge in [-0.2, -0.15) is 5.26 Å². The van der Waals surface area contributed by atoms with Gasteiger partial charge < -0.3 is 10.3 Å². The van der Waals surface area contributed by atoms with Crippen molar-refractivity contribution in [3.8, 4) is 6.07 Å². The summed E-state index contributed by atoms with van der Waals surface area (Å²) in [4.78, 5) is 7.09. The summed E-state index contributed by atoms with van der Waals surface area (Å²) in [6, 6.07) is 13.4. The molecule has 2 N–H and O–H groups in total. The molecule has 0 aliphatic heterocycles. The second-order valence-corrected chi connectivity index (χ2v) is 4.78. The Labute approximate surface area is 124 Å². The molecule has 0 fully saturated rings. The second kappa shape index (κ2) is 5.31. The van der Waals surface area contributed by atoms with Crippen molar-refractivity contribution in [2.75, 3.05) is 5.32 Å². The first-order valence-corrected chi connectivity index (χ1v) is 6.53. The number of halogens is 1. The van der Waals surface area contributed by atoms with Crippen LogP contribution in [-0.2, 0) is 0 Å². The van der Waals surface area contributed by atoms with E-state index in [4.69, 9.17) is 17.5 Å². The summed E-state index contributed by atoms with van der Waals surface area (Å²) in [5.74, 6) is 0.196. The molecule has 0 radical (unpaired) electrons. The van der Waals surface area contributed by atoms with Gasteiger partial charge in [-0.1, -0.05) is 0 Å². The second-order valence-electron chi connectivity index (χ2n) is 4.39. The Kier molecular flexibility index (Phi) is 3.34. The van der Waals surface area contributed by atoms with Crippen LogP contribution >= 0.6 is 12.2 Å². The summed E-state index contributed by atoms with van der Waals surface area (Å²) >= 11 is 5.05. The molecule has 0 unspecified atom stereocenters. The summed E-state index contributed by atoms with van der Waals surface area (Å²) in [6.45, 7) is 0. The number of H-pyrrole nitrogens is 1. The van der Waals surface area contributed by atoms with Gasteiger partial charge in [0.2, 0.25) is 0 Å². The van der Waals surface area contributed by atoms with E-state index in [9.17, 15) is 4.39 Å². The molecule has 4 nitrogen and oxygen atoms in total. The monoisotopic (exact) mass is 296 g/mol. The lowest BCUT2D eigenvalue weighted by Crippen LogP contribution is -1.97. The number of rotatable bonds is 2. The zero-order valence-corrected chi connectivity index (χ0v) is 11.5. The van der Waals surface area contributed by atoms with E-state index in [1.54, 1.807) is 30.3 Å². The van der Waals surface area contributed by atoms with Gasteiger partial charge in [0.1, 0.15) is 11.6 Å². The van der Waals surface area contributed by atoms with Crippen LogP contribution in [0.5, 0.6) is 0 Å². The van der Waals surface area contributed by atoms with Crippen molar-refractivity contribution in [3.63, 3.8) is 0 Å². The average molecular weight is 296 g/mol. The van der Waals surface area contributed by atoms with Gasteiger partial charge in [0, 0.05) is 11.1 Å². The molecular weight excluding hydrogens is 287 g/mol. The van der Waals surface area contributed by atoms with Crippen molar-refractivity contribution in [2.24, 2.45) is 0 Å². The van der Waals surface area contributed by atoms with Crippen LogP contribution in [0, 0.1) is 21.9 Å². The molecule has 2 aromatic carbocycles. The number of anilines is 2. The number of hydrogen-bond donors (Lipinski definition) is 2. The van der Waals surface area contributed by atoms with Crippen LogP contribution in [0.3, 0.4) is 0 Å². The van der Waals surface area contributed by atoms with Crippen LogP contribution in [0.15, 0.2) is 42.5 Å². The van der Waals surface area contributed by atoms with E-state index < -0.39 is 0 Å². The molecule has 1 heterocycles. The number of hydrogen-bond acceptors (Lipinski definition) is 4. The van der Waals surface area contributed by atoms with E-state index in [0.717, 1.165) is 11.1 Å². The summed E-state index contributed by atoms with van der Waals surface area (Å²) < 4.78 is 13.6. The first-order chi connectivity index (χ1) is 10.2. The van der Waals surface area contributed by atoms with Crippen molar-refractivity contribution in [2.45, 2.75) is 0 Å². The smallest absolute Gasteiger partial charge is 0.199 e. The summed E-state index contributed by atoms with van der Waals surface area (Å²) in [7, 11) is 0. The maximum atomic E-state index is 13.3. The van der Waals surface area contributed by atoms with Crippen LogP contribution in [0.2, 0.25) is 0 Å². The van der Waals surface area contributed by atoms with Gasteiger partial charge in [0.25, 0.3) is 0 Å². The van der Waals surface area contributed by atoms with Crippen LogP contribution in [-0.4, -0.2) is 9.97 Å². The van der Waals surface area contributed by atoms with Crippen LogP contribution in [0.1, 0.15) is 5.56 Å². The van der Waals surface area contributed by atoms with E-state index in [1.165, 1.54) is 12.1 Å². The van der Waals surface area contributed by atoms with Gasteiger partial charge in [-0.25, -0.2) is 9.37 Å². The molecule has 0 saturated heterocycles. The summed E-state index contributed by atoms with van der Waals surface area (Å²) in [5, 5.41) is 12.6. The minimum atomic E-state index is -0.344. The van der Waals surface area contributed by atoms with E-state index >= 15 is 0 Å². The van der Waals surface area contributed by atoms with Crippen LogP contribution in [0.4, 0.5) is 15.9 Å². The Balaban J connectivity index is 2.07. The SMILES string of the molecule is N#Cc1ccc(Nc2nc(=S)[nH]c3cc(F)ccc23)cc1. The van der Waals surface area contributed by atoms with E-state index in [-0.39, 0.29) is 10.6 Å². The van der Waals surface area contributed by atoms with Gasteiger partial charge in [-0.15, -0.1) is 0 Å². The lowest BCUT2D eigenvalue weighted by molar-refractivity contribution is 0.629. The third kappa shape index (κ3) is 2.73. The van der Waals surface area contributed by atoms with Crippen molar-refractivity contribution in [3.05, 3.63) is 58.6 Å². The molecule has 0 saturated carbocycles. The number of aromatic amines is 1. The lowest BCUT2D eigenvalue weighted by atomic mass is 10.2. The highest BCUT2D eigenvalue weighted by atomic mass is 32.1. The van der Waals surface area contributed by atoms with Crippen molar-refractivity contribution in [1.82, 2.24) is 9.97 Å². The number of nitrogens with one attached hydrogen (secondary N) is 2. The molecule has 102 valence electrons. The fraction of sp³-hybridized carbons (Fsp3) is 0. The Morgan fingerprint density at radius 1 is 1.19 bits per heavy atom. The van der Waals surface area contributed by atoms with E-state index in [2.05, 4.69) is 21.4 Å². The number of benzene rings is 2. The minimum Gasteiger partial charge on any atom is -0.340 e. The minimum absolute atomic E-state index is 0.268. The Morgan fingerprint density at radius 3 is 2.67 bits per heavy atom. The third-order valence-electron chi connectivity index (χ3n) is 2.97. The Morgan fingerprint density at radius 2 is 1.95 bits per heavy atom. The highest BCUT2D eigenvalue weighted by Gasteiger charge is 2.05. The third-order valence-corrected chi connectivity index (χ3v) is 3.16. The number of aromatic nitrogens is 2.